The standard InChI is InChI=1S/C20H30N4OS/c1-24(13-10-19-21-12-15-26-19)20(22-11-9-18-8-5-14-25-18)23-16-17-6-3-2-4-7-17/h5,8,12,14-15,17H,2-4,6-7,9-11,13,16H2,1H3,(H,22,23). The van der Waals surface area contributed by atoms with Crippen LogP contribution >= 0.6 is 11.3 Å². The molecule has 1 aliphatic carbocycles. The molecule has 1 saturated carbocycles. The number of furan rings is 1. The first-order valence-electron chi connectivity index (χ1n) is 9.71. The maximum Gasteiger partial charge on any atom is 0.193 e. The monoisotopic (exact) mass is 374 g/mol. The normalized spacial score (nSPS) is 16.0. The predicted octanol–water partition coefficient (Wildman–Crippen LogP) is 3.98. The smallest absolute Gasteiger partial charge is 0.193 e. The Morgan fingerprint density at radius 2 is 2.23 bits per heavy atom. The number of likely N-dealkylation sites (N-methyl/N-ethyl adjacent to an activating group) is 1. The molecule has 1 N–H and O–H groups in total. The fourth-order valence-electron chi connectivity index (χ4n) is 3.39. The van der Waals surface area contributed by atoms with Crippen LogP contribution in [0.4, 0.5) is 0 Å². The van der Waals surface area contributed by atoms with E-state index in [9.17, 15) is 0 Å². The van der Waals surface area contributed by atoms with Crippen LogP contribution in [0.2, 0.25) is 0 Å². The minimum absolute atomic E-state index is 0.748. The van der Waals surface area contributed by atoms with E-state index in [2.05, 4.69) is 22.2 Å². The number of hydrogen-bond acceptors (Lipinski definition) is 4. The molecule has 0 saturated heterocycles. The van der Waals surface area contributed by atoms with Crippen LogP contribution in [0.5, 0.6) is 0 Å². The summed E-state index contributed by atoms with van der Waals surface area (Å²) in [5, 5.41) is 6.74. The van der Waals surface area contributed by atoms with Gasteiger partial charge in [0.15, 0.2) is 5.96 Å². The summed E-state index contributed by atoms with van der Waals surface area (Å²) in [4.78, 5) is 11.6. The van der Waals surface area contributed by atoms with Gasteiger partial charge in [-0.15, -0.1) is 11.3 Å². The first kappa shape index (κ1) is 19.0. The van der Waals surface area contributed by atoms with Crippen LogP contribution in [0, 0.1) is 5.92 Å². The van der Waals surface area contributed by atoms with Crippen LogP contribution in [0.1, 0.15) is 42.9 Å². The molecule has 26 heavy (non-hydrogen) atoms. The number of hydrogen-bond donors (Lipinski definition) is 1. The number of guanidine groups is 1. The van der Waals surface area contributed by atoms with Gasteiger partial charge >= 0.3 is 0 Å². The second-order valence-corrected chi connectivity index (χ2v) is 8.00. The Hall–Kier alpha value is -1.82. The summed E-state index contributed by atoms with van der Waals surface area (Å²) in [5.74, 6) is 2.76. The first-order chi connectivity index (χ1) is 12.8. The van der Waals surface area contributed by atoms with E-state index in [1.807, 2.05) is 23.7 Å². The van der Waals surface area contributed by atoms with E-state index in [4.69, 9.17) is 9.41 Å². The zero-order valence-electron chi connectivity index (χ0n) is 15.7. The van der Waals surface area contributed by atoms with Crippen LogP contribution < -0.4 is 5.32 Å². The lowest BCUT2D eigenvalue weighted by Crippen LogP contribution is -2.41. The number of nitrogens with one attached hydrogen (secondary N) is 1. The van der Waals surface area contributed by atoms with E-state index in [1.165, 1.54) is 37.1 Å². The maximum atomic E-state index is 5.43. The fourth-order valence-corrected chi connectivity index (χ4v) is 4.00. The van der Waals surface area contributed by atoms with Crippen molar-refractivity contribution >= 4 is 17.3 Å². The maximum absolute atomic E-state index is 5.43. The molecule has 6 heteroatoms. The molecular weight excluding hydrogens is 344 g/mol. The predicted molar refractivity (Wildman–Crippen MR) is 108 cm³/mol. The van der Waals surface area contributed by atoms with Gasteiger partial charge in [0.2, 0.25) is 0 Å². The van der Waals surface area contributed by atoms with E-state index in [1.54, 1.807) is 17.6 Å². The van der Waals surface area contributed by atoms with Gasteiger partial charge in [-0.1, -0.05) is 19.3 Å². The molecule has 0 aliphatic heterocycles. The third-order valence-corrected chi connectivity index (χ3v) is 5.80. The Labute approximate surface area is 160 Å². The summed E-state index contributed by atoms with van der Waals surface area (Å²) in [5.41, 5.74) is 0. The fraction of sp³-hybridized carbons (Fsp3) is 0.600. The third kappa shape index (κ3) is 6.16. The van der Waals surface area contributed by atoms with E-state index < -0.39 is 0 Å². The average molecular weight is 375 g/mol. The van der Waals surface area contributed by atoms with Crippen LogP contribution in [0.25, 0.3) is 0 Å². The number of aliphatic imine (C=N–C) groups is 1. The molecule has 0 unspecified atom stereocenters. The minimum Gasteiger partial charge on any atom is -0.469 e. The molecular formula is C20H30N4OS. The van der Waals surface area contributed by atoms with Gasteiger partial charge in [-0.3, -0.25) is 4.99 Å². The van der Waals surface area contributed by atoms with Crippen LogP contribution in [0.15, 0.2) is 39.4 Å². The summed E-state index contributed by atoms with van der Waals surface area (Å²) in [7, 11) is 2.12. The molecule has 0 bridgehead atoms. The number of thiazole rings is 1. The highest BCUT2D eigenvalue weighted by Crippen LogP contribution is 2.23. The molecule has 5 nitrogen and oxygen atoms in total. The molecule has 2 aromatic heterocycles. The third-order valence-electron chi connectivity index (χ3n) is 4.96. The summed E-state index contributed by atoms with van der Waals surface area (Å²) >= 11 is 1.72. The molecule has 3 rings (SSSR count). The molecule has 0 atom stereocenters. The lowest BCUT2D eigenvalue weighted by atomic mass is 9.89. The summed E-state index contributed by atoms with van der Waals surface area (Å²) < 4.78 is 5.43. The van der Waals surface area contributed by atoms with E-state index in [0.29, 0.717) is 0 Å². The highest BCUT2D eigenvalue weighted by Gasteiger charge is 2.14. The van der Waals surface area contributed by atoms with Gasteiger partial charge in [0.1, 0.15) is 5.76 Å². The van der Waals surface area contributed by atoms with E-state index >= 15 is 0 Å². The quantitative estimate of drug-likeness (QED) is 0.561. The Bertz CT molecular complexity index is 633. The molecule has 142 valence electrons. The summed E-state index contributed by atoms with van der Waals surface area (Å²) in [6, 6.07) is 3.96. The van der Waals surface area contributed by atoms with Gasteiger partial charge in [0, 0.05) is 51.1 Å². The molecule has 0 aromatic carbocycles. The Balaban J connectivity index is 1.53. The van der Waals surface area contributed by atoms with Crippen molar-refractivity contribution in [3.05, 3.63) is 40.7 Å². The Kier molecular flexibility index (Phi) is 7.55. The number of rotatable bonds is 8. The molecule has 2 heterocycles. The van der Waals surface area contributed by atoms with Crippen molar-refractivity contribution < 1.29 is 4.42 Å². The minimum atomic E-state index is 0.748. The van der Waals surface area contributed by atoms with Gasteiger partial charge in [0.25, 0.3) is 0 Å². The lowest BCUT2D eigenvalue weighted by molar-refractivity contribution is 0.364. The van der Waals surface area contributed by atoms with Gasteiger partial charge in [-0.25, -0.2) is 4.98 Å². The van der Waals surface area contributed by atoms with Crippen molar-refractivity contribution in [1.29, 1.82) is 0 Å². The molecule has 0 spiro atoms. The SMILES string of the molecule is CN(CCc1nccs1)C(=NCC1CCCCC1)NCCc1ccco1. The number of nitrogens with zero attached hydrogens (tertiary/aromatic N) is 3. The average Bonchev–Trinajstić information content (AvgIpc) is 3.37. The van der Waals surface area contributed by atoms with Crippen molar-refractivity contribution in [1.82, 2.24) is 15.2 Å². The van der Waals surface area contributed by atoms with Crippen LogP contribution in [-0.2, 0) is 12.8 Å². The topological polar surface area (TPSA) is 53.7 Å². The number of aromatic nitrogens is 1. The second-order valence-electron chi connectivity index (χ2n) is 7.02. The van der Waals surface area contributed by atoms with Gasteiger partial charge in [0.05, 0.1) is 11.3 Å². The highest BCUT2D eigenvalue weighted by molar-refractivity contribution is 7.09. The van der Waals surface area contributed by atoms with Crippen molar-refractivity contribution in [2.75, 3.05) is 26.7 Å². The van der Waals surface area contributed by atoms with Gasteiger partial charge in [-0.05, 0) is 30.9 Å². The largest absolute Gasteiger partial charge is 0.469 e. The summed E-state index contributed by atoms with van der Waals surface area (Å²) in [6.45, 7) is 2.69. The Morgan fingerprint density at radius 3 is 2.96 bits per heavy atom. The molecule has 2 aromatic rings. The molecule has 0 amide bonds. The van der Waals surface area contributed by atoms with E-state index in [0.717, 1.165) is 50.1 Å². The molecule has 1 aliphatic rings. The zero-order chi connectivity index (χ0) is 18.0. The first-order valence-corrected chi connectivity index (χ1v) is 10.6. The van der Waals surface area contributed by atoms with Gasteiger partial charge < -0.3 is 14.6 Å². The van der Waals surface area contributed by atoms with Crippen LogP contribution in [0.3, 0.4) is 0 Å². The van der Waals surface area contributed by atoms with Crippen LogP contribution in [-0.4, -0.2) is 42.5 Å². The van der Waals surface area contributed by atoms with Crippen molar-refractivity contribution in [2.45, 2.75) is 44.9 Å². The van der Waals surface area contributed by atoms with E-state index in [-0.39, 0.29) is 0 Å². The van der Waals surface area contributed by atoms with Crippen molar-refractivity contribution in [3.63, 3.8) is 0 Å². The highest BCUT2D eigenvalue weighted by atomic mass is 32.1. The molecule has 0 radical (unpaired) electrons. The molecule has 1 fully saturated rings. The lowest BCUT2D eigenvalue weighted by Gasteiger charge is -2.24. The summed E-state index contributed by atoms with van der Waals surface area (Å²) in [6.07, 6.45) is 12.2. The second kappa shape index (κ2) is 10.4. The van der Waals surface area contributed by atoms with Gasteiger partial charge in [-0.2, -0.15) is 0 Å². The Morgan fingerprint density at radius 1 is 1.35 bits per heavy atom. The van der Waals surface area contributed by atoms with Crippen molar-refractivity contribution in [3.8, 4) is 0 Å². The zero-order valence-corrected chi connectivity index (χ0v) is 16.5. The van der Waals surface area contributed by atoms with Crippen molar-refractivity contribution in [2.24, 2.45) is 10.9 Å².